The highest BCUT2D eigenvalue weighted by molar-refractivity contribution is 5.89. The number of rotatable bonds is 4. The SMILES string of the molecule is C=CC1(C(=O)O)CC1.CCC1=C(C(=O)O)CC1. The predicted molar refractivity (Wildman–Crippen MR) is 63.7 cm³/mol. The van der Waals surface area contributed by atoms with E-state index < -0.39 is 17.4 Å². The number of aliphatic carboxylic acids is 2. The van der Waals surface area contributed by atoms with Crippen molar-refractivity contribution >= 4 is 11.9 Å². The number of allylic oxidation sites excluding steroid dienone is 1. The van der Waals surface area contributed by atoms with Crippen molar-refractivity contribution in [3.63, 3.8) is 0 Å². The Labute approximate surface area is 101 Å². The molecule has 4 nitrogen and oxygen atoms in total. The normalized spacial score (nSPS) is 19.6. The Bertz CT molecular complexity index is 375. The first-order valence-electron chi connectivity index (χ1n) is 5.78. The van der Waals surface area contributed by atoms with Crippen molar-refractivity contribution in [3.05, 3.63) is 23.8 Å². The van der Waals surface area contributed by atoms with Crippen molar-refractivity contribution < 1.29 is 19.8 Å². The Balaban J connectivity index is 0.000000171. The fraction of sp³-hybridized carbons (Fsp3) is 0.538. The van der Waals surface area contributed by atoms with E-state index in [9.17, 15) is 9.59 Å². The van der Waals surface area contributed by atoms with Gasteiger partial charge >= 0.3 is 11.9 Å². The Hall–Kier alpha value is -1.58. The lowest BCUT2D eigenvalue weighted by molar-refractivity contribution is -0.141. The molecule has 0 atom stereocenters. The summed E-state index contributed by atoms with van der Waals surface area (Å²) in [7, 11) is 0. The maximum atomic E-state index is 10.3. The minimum atomic E-state index is -0.729. The van der Waals surface area contributed by atoms with Crippen LogP contribution in [0.15, 0.2) is 23.8 Å². The van der Waals surface area contributed by atoms with Crippen molar-refractivity contribution in [2.24, 2.45) is 5.41 Å². The second kappa shape index (κ2) is 5.17. The number of carboxylic acid groups (broad SMARTS) is 2. The van der Waals surface area contributed by atoms with Gasteiger partial charge in [-0.1, -0.05) is 18.6 Å². The fourth-order valence-corrected chi connectivity index (χ4v) is 1.72. The first-order valence-corrected chi connectivity index (χ1v) is 5.78. The monoisotopic (exact) mass is 238 g/mol. The Kier molecular flexibility index (Phi) is 4.10. The maximum absolute atomic E-state index is 10.3. The van der Waals surface area contributed by atoms with Crippen molar-refractivity contribution in [2.75, 3.05) is 0 Å². The summed E-state index contributed by atoms with van der Waals surface area (Å²) in [6, 6.07) is 0. The van der Waals surface area contributed by atoms with E-state index in [1.807, 2.05) is 6.92 Å². The maximum Gasteiger partial charge on any atom is 0.331 e. The first kappa shape index (κ1) is 13.5. The third-order valence-electron chi connectivity index (χ3n) is 3.39. The fourth-order valence-electron chi connectivity index (χ4n) is 1.72. The van der Waals surface area contributed by atoms with Gasteiger partial charge in [-0.05, 0) is 32.1 Å². The molecule has 2 aliphatic carbocycles. The van der Waals surface area contributed by atoms with Gasteiger partial charge in [0.15, 0.2) is 0 Å². The van der Waals surface area contributed by atoms with Gasteiger partial charge in [-0.15, -0.1) is 6.58 Å². The summed E-state index contributed by atoms with van der Waals surface area (Å²) in [5.41, 5.74) is 1.25. The largest absolute Gasteiger partial charge is 0.481 e. The molecule has 4 heteroatoms. The molecule has 2 N–H and O–H groups in total. The lowest BCUT2D eigenvalue weighted by Crippen LogP contribution is -2.12. The van der Waals surface area contributed by atoms with Crippen molar-refractivity contribution in [1.82, 2.24) is 0 Å². The molecule has 17 heavy (non-hydrogen) atoms. The number of hydrogen-bond acceptors (Lipinski definition) is 2. The highest BCUT2D eigenvalue weighted by Gasteiger charge is 2.47. The topological polar surface area (TPSA) is 74.6 Å². The third-order valence-corrected chi connectivity index (χ3v) is 3.39. The van der Waals surface area contributed by atoms with Gasteiger partial charge in [0.25, 0.3) is 0 Å². The first-order chi connectivity index (χ1) is 7.96. The Morgan fingerprint density at radius 2 is 1.94 bits per heavy atom. The summed E-state index contributed by atoms with van der Waals surface area (Å²) >= 11 is 0. The summed E-state index contributed by atoms with van der Waals surface area (Å²) in [5, 5.41) is 16.9. The molecular formula is C13H18O4. The highest BCUT2D eigenvalue weighted by atomic mass is 16.4. The van der Waals surface area contributed by atoms with E-state index in [2.05, 4.69) is 6.58 Å². The van der Waals surface area contributed by atoms with Gasteiger partial charge in [-0.3, -0.25) is 4.79 Å². The van der Waals surface area contributed by atoms with Crippen LogP contribution >= 0.6 is 0 Å². The van der Waals surface area contributed by atoms with Crippen molar-refractivity contribution in [3.8, 4) is 0 Å². The zero-order valence-electron chi connectivity index (χ0n) is 10.0. The van der Waals surface area contributed by atoms with Crippen LogP contribution in [0.2, 0.25) is 0 Å². The van der Waals surface area contributed by atoms with Crippen molar-refractivity contribution in [1.29, 1.82) is 0 Å². The van der Waals surface area contributed by atoms with Crippen LogP contribution in [-0.4, -0.2) is 22.2 Å². The molecule has 0 aromatic rings. The molecule has 0 amide bonds. The molecule has 1 saturated carbocycles. The molecule has 0 unspecified atom stereocenters. The average Bonchev–Trinajstić information content (AvgIpc) is 2.97. The summed E-state index contributed by atoms with van der Waals surface area (Å²) in [5.74, 6) is -1.45. The zero-order valence-corrected chi connectivity index (χ0v) is 10.0. The molecule has 1 fully saturated rings. The third kappa shape index (κ3) is 2.96. The van der Waals surface area contributed by atoms with E-state index in [4.69, 9.17) is 10.2 Å². The van der Waals surface area contributed by atoms with E-state index in [1.165, 1.54) is 6.08 Å². The van der Waals surface area contributed by atoms with Crippen LogP contribution in [0.25, 0.3) is 0 Å². The van der Waals surface area contributed by atoms with Crippen LogP contribution in [0.5, 0.6) is 0 Å². The summed E-state index contributed by atoms with van der Waals surface area (Å²) in [6.45, 7) is 5.43. The standard InChI is InChI=1S/C7H10O2.C6H8O2/c1-2-5-3-4-6(5)7(8)9;1-2-6(3-4-6)5(7)8/h2-4H2,1H3,(H,8,9);2H,1,3-4H2,(H,7,8). The molecule has 0 aromatic carbocycles. The van der Waals surface area contributed by atoms with Crippen molar-refractivity contribution in [2.45, 2.75) is 39.0 Å². The van der Waals surface area contributed by atoms with E-state index in [-0.39, 0.29) is 0 Å². The predicted octanol–water partition coefficient (Wildman–Crippen LogP) is 2.61. The molecule has 94 valence electrons. The molecule has 0 bridgehead atoms. The average molecular weight is 238 g/mol. The lowest BCUT2D eigenvalue weighted by atomic mass is 9.87. The van der Waals surface area contributed by atoms with Gasteiger partial charge in [0.2, 0.25) is 0 Å². The van der Waals surface area contributed by atoms with Gasteiger partial charge in [-0.25, -0.2) is 4.79 Å². The van der Waals surface area contributed by atoms with Gasteiger partial charge in [0.1, 0.15) is 0 Å². The summed E-state index contributed by atoms with van der Waals surface area (Å²) in [6.07, 6.45) is 5.74. The van der Waals surface area contributed by atoms with E-state index in [1.54, 1.807) is 0 Å². The van der Waals surface area contributed by atoms with E-state index in [0.717, 1.165) is 37.7 Å². The quantitative estimate of drug-likeness (QED) is 0.738. The lowest BCUT2D eigenvalue weighted by Gasteiger charge is -2.18. The number of hydrogen-bond donors (Lipinski definition) is 2. The molecule has 0 saturated heterocycles. The summed E-state index contributed by atoms with van der Waals surface area (Å²) in [4.78, 5) is 20.5. The van der Waals surface area contributed by atoms with Crippen LogP contribution < -0.4 is 0 Å². The molecule has 0 radical (unpaired) electrons. The van der Waals surface area contributed by atoms with E-state index in [0.29, 0.717) is 5.57 Å². The van der Waals surface area contributed by atoms with Gasteiger partial charge in [0.05, 0.1) is 5.41 Å². The Morgan fingerprint density at radius 3 is 2.00 bits per heavy atom. The van der Waals surface area contributed by atoms with Gasteiger partial charge in [-0.2, -0.15) is 0 Å². The van der Waals surface area contributed by atoms with Gasteiger partial charge in [0, 0.05) is 5.57 Å². The Morgan fingerprint density at radius 1 is 1.35 bits per heavy atom. The molecule has 0 aromatic heterocycles. The van der Waals surface area contributed by atoms with Crippen LogP contribution in [0, 0.1) is 5.41 Å². The molecule has 0 aliphatic heterocycles. The zero-order chi connectivity index (χ0) is 13.1. The molecule has 0 heterocycles. The second-order valence-corrected chi connectivity index (χ2v) is 4.41. The van der Waals surface area contributed by atoms with Crippen LogP contribution in [0.4, 0.5) is 0 Å². The number of carboxylic acids is 2. The van der Waals surface area contributed by atoms with E-state index >= 15 is 0 Å². The van der Waals surface area contributed by atoms with Gasteiger partial charge < -0.3 is 10.2 Å². The highest BCUT2D eigenvalue weighted by Crippen LogP contribution is 2.46. The van der Waals surface area contributed by atoms with Crippen LogP contribution in [0.3, 0.4) is 0 Å². The minimum Gasteiger partial charge on any atom is -0.481 e. The summed E-state index contributed by atoms with van der Waals surface area (Å²) < 4.78 is 0. The number of carbonyl (C=O) groups is 2. The van der Waals surface area contributed by atoms with Crippen LogP contribution in [-0.2, 0) is 9.59 Å². The molecule has 2 rings (SSSR count). The minimum absolute atomic E-state index is 0.528. The van der Waals surface area contributed by atoms with Crippen LogP contribution in [0.1, 0.15) is 39.0 Å². The second-order valence-electron chi connectivity index (χ2n) is 4.41. The molecule has 0 spiro atoms. The smallest absolute Gasteiger partial charge is 0.331 e. The molecule has 2 aliphatic rings. The molecular weight excluding hydrogens is 220 g/mol.